The van der Waals surface area contributed by atoms with E-state index in [2.05, 4.69) is 29.2 Å². The maximum absolute atomic E-state index is 13.1. The minimum absolute atomic E-state index is 0.197. The third-order valence-electron chi connectivity index (χ3n) is 6.70. The van der Waals surface area contributed by atoms with E-state index in [-0.39, 0.29) is 12.4 Å². The summed E-state index contributed by atoms with van der Waals surface area (Å²) in [6, 6.07) is 21.5. The molecular weight excluding hydrogens is 427 g/mol. The minimum atomic E-state index is -0.533. The van der Waals surface area contributed by atoms with Crippen molar-refractivity contribution in [3.63, 3.8) is 0 Å². The number of ether oxygens (including phenoxy) is 1. The van der Waals surface area contributed by atoms with Crippen LogP contribution in [0, 0.1) is 12.7 Å². The maximum atomic E-state index is 13.1. The van der Waals surface area contributed by atoms with Crippen molar-refractivity contribution in [2.75, 3.05) is 26.2 Å². The van der Waals surface area contributed by atoms with Gasteiger partial charge < -0.3 is 20.5 Å². The number of hydrogen-bond acceptors (Lipinski definition) is 4. The number of hydrogen-bond donors (Lipinski definition) is 2. The topological polar surface area (TPSA) is 58.7 Å². The van der Waals surface area contributed by atoms with Crippen LogP contribution in [0.1, 0.15) is 46.6 Å². The molecule has 0 aliphatic carbocycles. The van der Waals surface area contributed by atoms with Crippen molar-refractivity contribution in [1.29, 1.82) is 0 Å². The quantitative estimate of drug-likeness (QED) is 0.480. The van der Waals surface area contributed by atoms with E-state index in [1.165, 1.54) is 23.3 Å². The second kappa shape index (κ2) is 11.6. The molecule has 1 fully saturated rings. The smallest absolute Gasteiger partial charge is 0.123 e. The Morgan fingerprint density at radius 2 is 1.65 bits per heavy atom. The highest BCUT2D eigenvalue weighted by atomic mass is 19.1. The Bertz CT molecular complexity index is 1040. The Hall–Kier alpha value is -2.73. The van der Waals surface area contributed by atoms with Gasteiger partial charge in [0.2, 0.25) is 0 Å². The van der Waals surface area contributed by atoms with Gasteiger partial charge in [-0.3, -0.25) is 0 Å². The summed E-state index contributed by atoms with van der Waals surface area (Å²) in [7, 11) is 0. The normalized spacial score (nSPS) is 15.9. The van der Waals surface area contributed by atoms with Gasteiger partial charge in [-0.2, -0.15) is 0 Å². The number of piperidine rings is 1. The molecule has 3 aromatic carbocycles. The fraction of sp³-hybridized carbons (Fsp3) is 0.379. The number of benzene rings is 3. The molecule has 0 saturated carbocycles. The van der Waals surface area contributed by atoms with Gasteiger partial charge in [-0.25, -0.2) is 4.39 Å². The van der Waals surface area contributed by atoms with Crippen LogP contribution < -0.4 is 10.5 Å². The van der Waals surface area contributed by atoms with Gasteiger partial charge >= 0.3 is 0 Å². The average molecular weight is 463 g/mol. The Kier molecular flexibility index (Phi) is 8.33. The second-order valence-corrected chi connectivity index (χ2v) is 9.40. The lowest BCUT2D eigenvalue weighted by Gasteiger charge is -2.33. The first-order valence-electron chi connectivity index (χ1n) is 12.2. The lowest BCUT2D eigenvalue weighted by molar-refractivity contribution is 0.0591. The molecule has 4 nitrogen and oxygen atoms in total. The number of aryl methyl sites for hydroxylation is 1. The number of aliphatic hydroxyl groups excluding tert-OH is 1. The summed E-state index contributed by atoms with van der Waals surface area (Å²) in [5.41, 5.74) is 11.7. The molecule has 0 spiro atoms. The molecule has 4 rings (SSSR count). The molecule has 3 aromatic rings. The van der Waals surface area contributed by atoms with E-state index in [4.69, 9.17) is 10.5 Å². The first kappa shape index (κ1) is 24.4. The van der Waals surface area contributed by atoms with Crippen LogP contribution in [0.4, 0.5) is 4.39 Å². The van der Waals surface area contributed by atoms with Crippen LogP contribution >= 0.6 is 0 Å². The molecule has 1 aliphatic heterocycles. The summed E-state index contributed by atoms with van der Waals surface area (Å²) in [6.07, 6.45) is 2.45. The van der Waals surface area contributed by atoms with E-state index in [1.807, 2.05) is 37.3 Å². The maximum Gasteiger partial charge on any atom is 0.123 e. The molecule has 0 radical (unpaired) electrons. The van der Waals surface area contributed by atoms with Crippen molar-refractivity contribution in [1.82, 2.24) is 4.90 Å². The Morgan fingerprint density at radius 1 is 1.00 bits per heavy atom. The number of halogens is 1. The van der Waals surface area contributed by atoms with Crippen molar-refractivity contribution >= 4 is 0 Å². The monoisotopic (exact) mass is 462 g/mol. The molecule has 0 unspecified atom stereocenters. The Balaban J connectivity index is 1.22. The fourth-order valence-corrected chi connectivity index (χ4v) is 4.74. The third-order valence-corrected chi connectivity index (χ3v) is 6.70. The zero-order valence-electron chi connectivity index (χ0n) is 19.9. The summed E-state index contributed by atoms with van der Waals surface area (Å²) in [4.78, 5) is 2.33. The van der Waals surface area contributed by atoms with Crippen molar-refractivity contribution in [2.24, 2.45) is 5.73 Å². The van der Waals surface area contributed by atoms with E-state index < -0.39 is 6.10 Å². The van der Waals surface area contributed by atoms with Crippen LogP contribution in [0.3, 0.4) is 0 Å². The average Bonchev–Trinajstić information content (AvgIpc) is 2.85. The molecule has 1 aliphatic rings. The van der Waals surface area contributed by atoms with Crippen LogP contribution in [0.2, 0.25) is 0 Å². The molecule has 1 heterocycles. The van der Waals surface area contributed by atoms with E-state index in [0.717, 1.165) is 54.8 Å². The largest absolute Gasteiger partial charge is 0.491 e. The molecule has 0 amide bonds. The van der Waals surface area contributed by atoms with Gasteiger partial charge in [0.1, 0.15) is 24.3 Å². The predicted molar refractivity (Wildman–Crippen MR) is 135 cm³/mol. The number of likely N-dealkylation sites (tertiary alicyclic amines) is 1. The van der Waals surface area contributed by atoms with Crippen LogP contribution in [-0.2, 0) is 13.0 Å². The van der Waals surface area contributed by atoms with Gasteiger partial charge in [-0.05, 0) is 80.1 Å². The number of nitrogens with two attached hydrogens (primary N) is 1. The lowest BCUT2D eigenvalue weighted by atomic mass is 9.88. The van der Waals surface area contributed by atoms with Gasteiger partial charge in [0.05, 0.1) is 0 Å². The van der Waals surface area contributed by atoms with E-state index in [1.54, 1.807) is 0 Å². The Labute approximate surface area is 202 Å². The van der Waals surface area contributed by atoms with Gasteiger partial charge in [0, 0.05) is 18.7 Å². The Morgan fingerprint density at radius 3 is 2.29 bits per heavy atom. The molecule has 5 heteroatoms. The number of nitrogens with zero attached hydrogens (tertiary/aromatic N) is 1. The highest BCUT2D eigenvalue weighted by Crippen LogP contribution is 2.29. The SMILES string of the molecule is Cc1ccc(OC[C@@H](O)CN2CCC(c3ccc(Cc4ccc(F)cc4)cc3)CC2)c(CN)c1. The van der Waals surface area contributed by atoms with Gasteiger partial charge in [-0.15, -0.1) is 0 Å². The van der Waals surface area contributed by atoms with E-state index >= 15 is 0 Å². The summed E-state index contributed by atoms with van der Waals surface area (Å²) in [6.45, 7) is 5.28. The first-order valence-corrected chi connectivity index (χ1v) is 12.2. The van der Waals surface area contributed by atoms with Gasteiger partial charge in [0.25, 0.3) is 0 Å². The van der Waals surface area contributed by atoms with Crippen LogP contribution in [0.25, 0.3) is 0 Å². The van der Waals surface area contributed by atoms with Gasteiger partial charge in [-0.1, -0.05) is 54.1 Å². The molecule has 1 atom stereocenters. The predicted octanol–water partition coefficient (Wildman–Crippen LogP) is 4.80. The second-order valence-electron chi connectivity index (χ2n) is 9.40. The first-order chi connectivity index (χ1) is 16.5. The molecule has 34 heavy (non-hydrogen) atoms. The summed E-state index contributed by atoms with van der Waals surface area (Å²) in [5.74, 6) is 1.11. The van der Waals surface area contributed by atoms with Crippen molar-refractivity contribution in [3.8, 4) is 5.75 Å². The van der Waals surface area contributed by atoms with E-state index in [0.29, 0.717) is 19.0 Å². The van der Waals surface area contributed by atoms with Crippen molar-refractivity contribution in [3.05, 3.63) is 100 Å². The fourth-order valence-electron chi connectivity index (χ4n) is 4.74. The molecule has 3 N–H and O–H groups in total. The molecular formula is C29H35FN2O2. The van der Waals surface area contributed by atoms with Crippen molar-refractivity contribution < 1.29 is 14.2 Å². The van der Waals surface area contributed by atoms with Crippen LogP contribution in [0.5, 0.6) is 5.75 Å². The number of aliphatic hydroxyl groups is 1. The van der Waals surface area contributed by atoms with Crippen LogP contribution in [-0.4, -0.2) is 42.4 Å². The van der Waals surface area contributed by atoms with Crippen molar-refractivity contribution in [2.45, 2.75) is 44.8 Å². The zero-order chi connectivity index (χ0) is 23.9. The number of β-amino-alcohol motifs (C(OH)–C–C–N with tert-alkyl or cyclic N) is 1. The third kappa shape index (κ3) is 6.66. The zero-order valence-corrected chi connectivity index (χ0v) is 19.9. The highest BCUT2D eigenvalue weighted by molar-refractivity contribution is 5.36. The standard InChI is InChI=1S/C29H35FN2O2/c1-21-2-11-29(26(16-21)18-31)34-20-28(33)19-32-14-12-25(13-15-32)24-7-3-22(4-8-24)17-23-5-9-27(30)10-6-23/h2-11,16,25,28,33H,12-15,17-20,31H2,1H3/t28-/m0/s1. The summed E-state index contributed by atoms with van der Waals surface area (Å²) in [5, 5.41) is 10.5. The molecule has 180 valence electrons. The summed E-state index contributed by atoms with van der Waals surface area (Å²) < 4.78 is 19.0. The lowest BCUT2D eigenvalue weighted by Crippen LogP contribution is -2.40. The highest BCUT2D eigenvalue weighted by Gasteiger charge is 2.22. The summed E-state index contributed by atoms with van der Waals surface area (Å²) >= 11 is 0. The number of rotatable bonds is 9. The minimum Gasteiger partial charge on any atom is -0.491 e. The van der Waals surface area contributed by atoms with Gasteiger partial charge in [0.15, 0.2) is 0 Å². The van der Waals surface area contributed by atoms with E-state index in [9.17, 15) is 9.50 Å². The molecule has 1 saturated heterocycles. The molecule has 0 bridgehead atoms. The van der Waals surface area contributed by atoms with Crippen LogP contribution in [0.15, 0.2) is 66.7 Å². The molecule has 0 aromatic heterocycles.